The second-order valence-electron chi connectivity index (χ2n) is 5.68. The summed E-state index contributed by atoms with van der Waals surface area (Å²) >= 11 is 0. The number of fused-ring (bicyclic) bond motifs is 3. The molecule has 9 nitrogen and oxygen atoms in total. The Morgan fingerprint density at radius 2 is 1.46 bits per heavy atom. The number of phenolic OH excluding ortho intramolecular Hbond substituents is 2. The number of benzene rings is 2. The number of ether oxygens (including phenoxy) is 2. The smallest absolute Gasteiger partial charge is 0.270 e. The van der Waals surface area contributed by atoms with Crippen LogP contribution in [0.1, 0.15) is 20.7 Å². The van der Waals surface area contributed by atoms with Crippen LogP contribution in [-0.2, 0) is 0 Å². The van der Waals surface area contributed by atoms with Crippen LogP contribution in [-0.4, -0.2) is 38.8 Å². The molecule has 0 saturated carbocycles. The summed E-state index contributed by atoms with van der Waals surface area (Å²) in [6.07, 6.45) is 2.62. The first kappa shape index (κ1) is 14.5. The maximum Gasteiger partial charge on any atom is 0.270 e. The lowest BCUT2D eigenvalue weighted by Gasteiger charge is -2.14. The number of carbonyl (C=O) groups is 2. The summed E-state index contributed by atoms with van der Waals surface area (Å²) in [4.78, 5) is 34.4. The van der Waals surface area contributed by atoms with Crippen LogP contribution in [0.25, 0.3) is 11.0 Å². The molecule has 0 radical (unpaired) electrons. The summed E-state index contributed by atoms with van der Waals surface area (Å²) in [6.45, 7) is 0.0468. The lowest BCUT2D eigenvalue weighted by atomic mass is 10.1. The Hall–Kier alpha value is -3.88. The number of amides is 2. The van der Waals surface area contributed by atoms with Crippen molar-refractivity contribution in [1.29, 1.82) is 0 Å². The zero-order valence-electron chi connectivity index (χ0n) is 13.0. The first-order valence-electron chi connectivity index (χ1n) is 7.55. The highest BCUT2D eigenvalue weighted by atomic mass is 16.7. The third-order valence-electron chi connectivity index (χ3n) is 4.32. The summed E-state index contributed by atoms with van der Waals surface area (Å²) in [5, 5.41) is 20.9. The van der Waals surface area contributed by atoms with Crippen LogP contribution in [0, 0.1) is 0 Å². The summed E-state index contributed by atoms with van der Waals surface area (Å²) in [7, 11) is 0. The third kappa shape index (κ3) is 1.68. The Morgan fingerprint density at radius 3 is 2.08 bits per heavy atom. The molecule has 9 heteroatoms. The third-order valence-corrected chi connectivity index (χ3v) is 4.32. The normalized spacial score (nSPS) is 15.0. The van der Waals surface area contributed by atoms with Crippen LogP contribution in [0.15, 0.2) is 30.6 Å². The average molecular weight is 351 g/mol. The van der Waals surface area contributed by atoms with E-state index in [9.17, 15) is 19.8 Å². The van der Waals surface area contributed by atoms with Crippen molar-refractivity contribution in [3.05, 3.63) is 41.7 Å². The van der Waals surface area contributed by atoms with Crippen molar-refractivity contribution < 1.29 is 29.3 Å². The van der Waals surface area contributed by atoms with Crippen molar-refractivity contribution in [3.8, 4) is 23.0 Å². The topological polar surface area (TPSA) is 122 Å². The number of anilines is 1. The molecule has 3 aromatic rings. The first-order valence-corrected chi connectivity index (χ1v) is 7.55. The van der Waals surface area contributed by atoms with Gasteiger partial charge in [-0.05, 0) is 12.1 Å². The minimum Gasteiger partial charge on any atom is -0.505 e. The minimum atomic E-state index is -0.774. The minimum absolute atomic E-state index is 0.0468. The number of aromatic hydroxyl groups is 2. The fourth-order valence-electron chi connectivity index (χ4n) is 3.15. The lowest BCUT2D eigenvalue weighted by Crippen LogP contribution is -2.29. The van der Waals surface area contributed by atoms with Crippen LogP contribution < -0.4 is 14.4 Å². The number of nitrogens with zero attached hydrogens (tertiary/aromatic N) is 3. The number of phenols is 2. The molecule has 3 heterocycles. The zero-order valence-corrected chi connectivity index (χ0v) is 13.0. The highest BCUT2D eigenvalue weighted by Crippen LogP contribution is 2.44. The highest BCUT2D eigenvalue weighted by Gasteiger charge is 2.43. The quantitative estimate of drug-likeness (QED) is 0.500. The van der Waals surface area contributed by atoms with Gasteiger partial charge in [-0.3, -0.25) is 9.59 Å². The van der Waals surface area contributed by atoms with Gasteiger partial charge >= 0.3 is 0 Å². The molecule has 2 aromatic carbocycles. The summed E-state index contributed by atoms with van der Waals surface area (Å²) in [5.74, 6) is -1.66. The molecule has 0 saturated heterocycles. The van der Waals surface area contributed by atoms with Crippen molar-refractivity contribution in [1.82, 2.24) is 9.97 Å². The molecule has 0 atom stereocenters. The van der Waals surface area contributed by atoms with E-state index < -0.39 is 23.3 Å². The largest absolute Gasteiger partial charge is 0.505 e. The van der Waals surface area contributed by atoms with Crippen molar-refractivity contribution in [2.45, 2.75) is 0 Å². The van der Waals surface area contributed by atoms with Gasteiger partial charge < -0.3 is 19.7 Å². The molecule has 0 bridgehead atoms. The van der Waals surface area contributed by atoms with Crippen LogP contribution in [0.2, 0.25) is 0 Å². The fourth-order valence-corrected chi connectivity index (χ4v) is 3.15. The maximum absolute atomic E-state index is 12.8. The molecular weight excluding hydrogens is 342 g/mol. The Bertz CT molecular complexity index is 1080. The summed E-state index contributed by atoms with van der Waals surface area (Å²) < 4.78 is 10.5. The van der Waals surface area contributed by atoms with E-state index in [1.807, 2.05) is 0 Å². The number of hydrogen-bond donors (Lipinski definition) is 2. The van der Waals surface area contributed by atoms with E-state index in [0.717, 1.165) is 4.90 Å². The van der Waals surface area contributed by atoms with Gasteiger partial charge in [0.2, 0.25) is 6.79 Å². The standard InChI is InChI=1S/C17H9N3O6/c21-14-10-11(15(22)13-12(14)18-3-4-19-13)17(24)20(16(10)23)7-1-2-8-9(5-7)26-6-25-8/h1-5,21-22H,6H2. The summed E-state index contributed by atoms with van der Waals surface area (Å²) in [5.41, 5.74) is -0.504. The fraction of sp³-hybridized carbons (Fsp3) is 0.0588. The second kappa shape index (κ2) is 4.82. The average Bonchev–Trinajstić information content (AvgIpc) is 3.21. The Morgan fingerprint density at radius 1 is 0.885 bits per heavy atom. The molecule has 0 fully saturated rings. The predicted molar refractivity (Wildman–Crippen MR) is 86.6 cm³/mol. The molecule has 26 heavy (non-hydrogen) atoms. The lowest BCUT2D eigenvalue weighted by molar-refractivity contribution is 0.0925. The Kier molecular flexibility index (Phi) is 2.68. The van der Waals surface area contributed by atoms with Gasteiger partial charge in [-0.1, -0.05) is 0 Å². The van der Waals surface area contributed by atoms with Gasteiger partial charge in [-0.2, -0.15) is 0 Å². The predicted octanol–water partition coefficient (Wildman–Crippen LogP) is 1.57. The number of hydrogen-bond acceptors (Lipinski definition) is 8. The number of aromatic nitrogens is 2. The number of imide groups is 1. The number of carbonyl (C=O) groups excluding carboxylic acids is 2. The molecule has 128 valence electrons. The first-order chi connectivity index (χ1) is 12.6. The molecular formula is C17H9N3O6. The second-order valence-corrected chi connectivity index (χ2v) is 5.68. The Labute approximate surface area is 145 Å². The van der Waals surface area contributed by atoms with E-state index in [1.165, 1.54) is 24.5 Å². The van der Waals surface area contributed by atoms with Crippen molar-refractivity contribution in [2.75, 3.05) is 11.7 Å². The molecule has 0 spiro atoms. The van der Waals surface area contributed by atoms with Crippen molar-refractivity contribution in [3.63, 3.8) is 0 Å². The highest BCUT2D eigenvalue weighted by molar-refractivity contribution is 6.37. The van der Waals surface area contributed by atoms with Crippen molar-refractivity contribution in [2.24, 2.45) is 0 Å². The van der Waals surface area contributed by atoms with Gasteiger partial charge in [0.1, 0.15) is 22.2 Å². The van der Waals surface area contributed by atoms with Gasteiger partial charge in [0.05, 0.1) is 5.69 Å². The van der Waals surface area contributed by atoms with E-state index in [2.05, 4.69) is 9.97 Å². The van der Waals surface area contributed by atoms with E-state index in [0.29, 0.717) is 11.5 Å². The maximum atomic E-state index is 12.8. The molecule has 1 aromatic heterocycles. The molecule has 0 aliphatic carbocycles. The molecule has 2 amide bonds. The van der Waals surface area contributed by atoms with Crippen molar-refractivity contribution >= 4 is 28.5 Å². The molecule has 0 unspecified atom stereocenters. The Balaban J connectivity index is 1.73. The van der Waals surface area contributed by atoms with E-state index in [-0.39, 0.29) is 34.6 Å². The molecule has 2 N–H and O–H groups in total. The van der Waals surface area contributed by atoms with Gasteiger partial charge in [0, 0.05) is 18.5 Å². The van der Waals surface area contributed by atoms with Gasteiger partial charge in [-0.15, -0.1) is 0 Å². The van der Waals surface area contributed by atoms with Crippen LogP contribution in [0.4, 0.5) is 5.69 Å². The van der Waals surface area contributed by atoms with E-state index >= 15 is 0 Å². The number of rotatable bonds is 1. The van der Waals surface area contributed by atoms with Crippen LogP contribution in [0.5, 0.6) is 23.0 Å². The molecule has 2 aliphatic heterocycles. The van der Waals surface area contributed by atoms with Crippen LogP contribution in [0.3, 0.4) is 0 Å². The molecule has 2 aliphatic rings. The molecule has 5 rings (SSSR count). The van der Waals surface area contributed by atoms with E-state index in [4.69, 9.17) is 9.47 Å². The van der Waals surface area contributed by atoms with E-state index in [1.54, 1.807) is 6.07 Å². The van der Waals surface area contributed by atoms with Crippen LogP contribution >= 0.6 is 0 Å². The SMILES string of the molecule is O=C1c2c(c(O)c3nccnc3c2O)C(=O)N1c1ccc2c(c1)OCO2. The van der Waals surface area contributed by atoms with Gasteiger partial charge in [0.25, 0.3) is 11.8 Å². The van der Waals surface area contributed by atoms with Gasteiger partial charge in [-0.25, -0.2) is 14.9 Å². The zero-order chi connectivity index (χ0) is 18.0. The van der Waals surface area contributed by atoms with Gasteiger partial charge in [0.15, 0.2) is 23.0 Å². The summed E-state index contributed by atoms with van der Waals surface area (Å²) in [6, 6.07) is 4.56. The monoisotopic (exact) mass is 351 g/mol.